The van der Waals surface area contributed by atoms with Gasteiger partial charge < -0.3 is 14.5 Å². The smallest absolute Gasteiger partial charge is 0.0551 e. The molecule has 0 radical (unpaired) electrons. The molecule has 4 aliphatic rings. The lowest BCUT2D eigenvalue weighted by Crippen LogP contribution is -2.24. The molecule has 6 aromatic carbocycles. The number of nitrogens with one attached hydrogen (secondary N) is 1. The molecule has 0 fully saturated rings. The first-order valence-corrected chi connectivity index (χ1v) is 23.3. The summed E-state index contributed by atoms with van der Waals surface area (Å²) in [4.78, 5) is 0. The lowest BCUT2D eigenvalue weighted by atomic mass is 9.85. The maximum atomic E-state index is 4.59. The van der Waals surface area contributed by atoms with Crippen molar-refractivity contribution in [1.82, 2.24) is 9.13 Å². The Hall–Kier alpha value is -7.80. The number of aromatic nitrogens is 2. The number of hydrogen-bond donors (Lipinski definition) is 1. The Morgan fingerprint density at radius 2 is 1.39 bits per heavy atom. The molecular formula is C63H53N3. The zero-order valence-electron chi connectivity index (χ0n) is 37.9. The summed E-state index contributed by atoms with van der Waals surface area (Å²) < 4.78 is 4.91. The molecule has 3 heterocycles. The van der Waals surface area contributed by atoms with Crippen molar-refractivity contribution in [3.63, 3.8) is 0 Å². The van der Waals surface area contributed by atoms with E-state index in [1.165, 1.54) is 111 Å². The van der Waals surface area contributed by atoms with Gasteiger partial charge in [-0.3, -0.25) is 0 Å². The van der Waals surface area contributed by atoms with Crippen LogP contribution in [0.25, 0.3) is 78.0 Å². The van der Waals surface area contributed by atoms with E-state index in [1.54, 1.807) is 0 Å². The fourth-order valence-electron chi connectivity index (χ4n) is 11.2. The molecule has 8 aromatic rings. The molecule has 3 unspecified atom stereocenters. The molecule has 12 rings (SSSR count). The molecule has 0 amide bonds. The Labute approximate surface area is 388 Å². The number of benzene rings is 6. The van der Waals surface area contributed by atoms with Crippen LogP contribution in [0.3, 0.4) is 0 Å². The Morgan fingerprint density at radius 1 is 0.682 bits per heavy atom. The third-order valence-electron chi connectivity index (χ3n) is 14.3. The van der Waals surface area contributed by atoms with E-state index < -0.39 is 0 Å². The summed E-state index contributed by atoms with van der Waals surface area (Å²) in [6.07, 6.45) is 31.5. The number of hydrogen-bond acceptors (Lipinski definition) is 1. The van der Waals surface area contributed by atoms with Crippen LogP contribution in [-0.4, -0.2) is 15.2 Å². The molecule has 0 saturated carbocycles. The predicted molar refractivity (Wildman–Crippen MR) is 284 cm³/mol. The van der Waals surface area contributed by atoms with Crippen LogP contribution in [0, 0.1) is 12.8 Å². The van der Waals surface area contributed by atoms with Crippen molar-refractivity contribution in [2.24, 2.45) is 0 Å². The summed E-state index contributed by atoms with van der Waals surface area (Å²) in [5.41, 5.74) is 22.9. The largest absolute Gasteiger partial charge is 0.377 e. The minimum Gasteiger partial charge on any atom is -0.377 e. The van der Waals surface area contributed by atoms with Crippen molar-refractivity contribution in [2.75, 3.05) is 5.32 Å². The van der Waals surface area contributed by atoms with Gasteiger partial charge in [-0.15, -0.1) is 12.8 Å². The summed E-state index contributed by atoms with van der Waals surface area (Å²) >= 11 is 0. The minimum atomic E-state index is 0.234. The number of para-hydroxylation sites is 2. The van der Waals surface area contributed by atoms with Crippen molar-refractivity contribution in [3.8, 4) is 35.1 Å². The van der Waals surface area contributed by atoms with Crippen LogP contribution in [0.1, 0.15) is 72.5 Å². The zero-order valence-corrected chi connectivity index (χ0v) is 37.9. The molecule has 1 N–H and O–H groups in total. The van der Waals surface area contributed by atoms with Gasteiger partial charge in [0, 0.05) is 61.9 Å². The monoisotopic (exact) mass is 851 g/mol. The number of terminal acetylenes is 1. The summed E-state index contributed by atoms with van der Waals surface area (Å²) in [5, 5.41) is 7.72. The summed E-state index contributed by atoms with van der Waals surface area (Å²) in [6, 6.07) is 47.7. The number of rotatable bonds is 6. The molecular weight excluding hydrogens is 799 g/mol. The van der Waals surface area contributed by atoms with E-state index in [0.717, 1.165) is 24.8 Å². The highest BCUT2D eigenvalue weighted by Crippen LogP contribution is 2.45. The molecule has 66 heavy (non-hydrogen) atoms. The van der Waals surface area contributed by atoms with E-state index in [9.17, 15) is 0 Å². The fourth-order valence-corrected chi connectivity index (χ4v) is 11.2. The maximum Gasteiger partial charge on any atom is 0.0551 e. The average molecular weight is 852 g/mol. The van der Waals surface area contributed by atoms with Gasteiger partial charge in [0.15, 0.2) is 0 Å². The first-order valence-electron chi connectivity index (χ1n) is 23.3. The second-order valence-electron chi connectivity index (χ2n) is 18.4. The number of anilines is 1. The Kier molecular flexibility index (Phi) is 10.3. The lowest BCUT2D eigenvalue weighted by molar-refractivity contribution is 0.726. The summed E-state index contributed by atoms with van der Waals surface area (Å²) in [7, 11) is 0. The fraction of sp³-hybridized carbons (Fsp3) is 0.143. The molecule has 3 atom stereocenters. The summed E-state index contributed by atoms with van der Waals surface area (Å²) in [6.45, 7) is 11.4. The van der Waals surface area contributed by atoms with Gasteiger partial charge in [-0.05, 0) is 126 Å². The first-order chi connectivity index (χ1) is 32.4. The number of nitrogens with zero attached hydrogens (tertiary/aromatic N) is 2. The lowest BCUT2D eigenvalue weighted by Gasteiger charge is -2.24. The van der Waals surface area contributed by atoms with Gasteiger partial charge in [-0.1, -0.05) is 153 Å². The van der Waals surface area contributed by atoms with E-state index in [4.69, 9.17) is 0 Å². The van der Waals surface area contributed by atoms with Crippen molar-refractivity contribution in [3.05, 3.63) is 222 Å². The number of allylic oxidation sites excluding steroid dienone is 10. The van der Waals surface area contributed by atoms with Crippen LogP contribution >= 0.6 is 0 Å². The Bertz CT molecular complexity index is 3510. The van der Waals surface area contributed by atoms with E-state index in [-0.39, 0.29) is 6.04 Å². The molecule has 3 heteroatoms. The Morgan fingerprint density at radius 3 is 2.26 bits per heavy atom. The third kappa shape index (κ3) is 6.84. The normalized spacial score (nSPS) is 18.8. The van der Waals surface area contributed by atoms with Gasteiger partial charge in [-0.25, -0.2) is 0 Å². The topological polar surface area (TPSA) is 21.9 Å². The van der Waals surface area contributed by atoms with E-state index in [1.807, 2.05) is 0 Å². The molecule has 0 saturated heterocycles. The van der Waals surface area contributed by atoms with E-state index >= 15 is 0 Å². The molecule has 320 valence electrons. The van der Waals surface area contributed by atoms with Gasteiger partial charge in [0.25, 0.3) is 0 Å². The Balaban J connectivity index is 0.00000238. The van der Waals surface area contributed by atoms with Crippen LogP contribution in [0.2, 0.25) is 0 Å². The third-order valence-corrected chi connectivity index (χ3v) is 14.3. The van der Waals surface area contributed by atoms with E-state index in [0.29, 0.717) is 11.8 Å². The zero-order chi connectivity index (χ0) is 45.1. The highest BCUT2D eigenvalue weighted by atomic mass is 15.0. The predicted octanol–water partition coefficient (Wildman–Crippen LogP) is 16.0. The van der Waals surface area contributed by atoms with Crippen LogP contribution in [0.5, 0.6) is 0 Å². The van der Waals surface area contributed by atoms with Crippen LogP contribution in [0.4, 0.5) is 5.69 Å². The standard InChI is InChI=1S/C61H51N3.C2H2/c1-38-14-13-20-53-51-18-8-12-23-59(51)64(61(38)53)41(4)32-39(2)43-26-27-44-33-42(34-47(44)35-43)25-24-40(3)63-58-22-11-9-19-52(58)55-37-46(29-31-60(55)63)45-28-30-57-54(36-45)49-16-6-5-15-48(49)50-17-7-10-21-56(50)62-57;1-2/h5-13,15-32,35-38,50,56,62H,2,14,33-34H2,1,3-4H3;1-2H/b40-24+,41-32+,42-25-;. The van der Waals surface area contributed by atoms with Crippen molar-refractivity contribution in [1.29, 1.82) is 0 Å². The van der Waals surface area contributed by atoms with Gasteiger partial charge >= 0.3 is 0 Å². The molecule has 3 nitrogen and oxygen atoms in total. The van der Waals surface area contributed by atoms with Crippen molar-refractivity contribution in [2.45, 2.75) is 57.9 Å². The van der Waals surface area contributed by atoms with Gasteiger partial charge in [-0.2, -0.15) is 0 Å². The van der Waals surface area contributed by atoms with Gasteiger partial charge in [0.2, 0.25) is 0 Å². The van der Waals surface area contributed by atoms with Crippen LogP contribution < -0.4 is 5.32 Å². The second kappa shape index (κ2) is 16.6. The summed E-state index contributed by atoms with van der Waals surface area (Å²) in [5.74, 6) is 0.764. The minimum absolute atomic E-state index is 0.234. The van der Waals surface area contributed by atoms with Crippen molar-refractivity contribution >= 4 is 61.4 Å². The molecule has 2 aromatic heterocycles. The van der Waals surface area contributed by atoms with Crippen LogP contribution in [0.15, 0.2) is 188 Å². The number of fused-ring (bicyclic) bond motifs is 12. The second-order valence-corrected chi connectivity index (χ2v) is 18.4. The van der Waals surface area contributed by atoms with Crippen LogP contribution in [-0.2, 0) is 12.8 Å². The average Bonchev–Trinajstić information content (AvgIpc) is 4.01. The SMILES string of the molecule is C#C.C=C(/C=C(\C)n1c2c(c3ccccc31)C=CCC2C)c1ccc2c(c1)C/C(=C\C=C(/C)n1c3ccccc3c3cc(-c4ccc5c(c4)-c4ccccc4C4C=CC=CC4N5)ccc31)C2. The molecule has 3 aliphatic carbocycles. The molecule has 0 bridgehead atoms. The highest BCUT2D eigenvalue weighted by molar-refractivity contribution is 6.11. The van der Waals surface area contributed by atoms with Gasteiger partial charge in [0.05, 0.1) is 22.6 Å². The first kappa shape index (κ1) is 40.9. The maximum absolute atomic E-state index is 4.59. The highest BCUT2D eigenvalue weighted by Gasteiger charge is 2.28. The molecule has 1 aliphatic heterocycles. The van der Waals surface area contributed by atoms with E-state index in [2.05, 4.69) is 237 Å². The molecule has 0 spiro atoms. The van der Waals surface area contributed by atoms with Crippen molar-refractivity contribution < 1.29 is 0 Å². The van der Waals surface area contributed by atoms with Gasteiger partial charge in [0.1, 0.15) is 0 Å². The quantitative estimate of drug-likeness (QED) is 0.131.